The van der Waals surface area contributed by atoms with Gasteiger partial charge in [-0.2, -0.15) is 13.2 Å². The predicted molar refractivity (Wildman–Crippen MR) is 390 cm³/mol. The molecule has 8 rings (SSSR count). The van der Waals surface area contributed by atoms with Crippen LogP contribution in [-0.2, 0) is 81.3 Å². The molecule has 4 aliphatic heterocycles. The summed E-state index contributed by atoms with van der Waals surface area (Å²) in [5.74, 6) is -13.4. The van der Waals surface area contributed by atoms with Crippen LogP contribution in [0.3, 0.4) is 0 Å². The number of nitrogens with zero attached hydrogens (tertiary/aromatic N) is 10. The van der Waals surface area contributed by atoms with Gasteiger partial charge in [-0.1, -0.05) is 88.4 Å². The third-order valence-corrected chi connectivity index (χ3v) is 23.2. The molecule has 5 fully saturated rings. The highest BCUT2D eigenvalue weighted by Gasteiger charge is 2.57. The molecule has 3 saturated heterocycles. The molecule has 2 saturated carbocycles. The van der Waals surface area contributed by atoms with Crippen LogP contribution in [0.15, 0.2) is 48.6 Å². The lowest BCUT2D eigenvalue weighted by Gasteiger charge is -2.51. The fourth-order valence-corrected chi connectivity index (χ4v) is 16.2. The van der Waals surface area contributed by atoms with Crippen molar-refractivity contribution in [1.82, 2.24) is 59.6 Å². The van der Waals surface area contributed by atoms with Crippen molar-refractivity contribution < 1.29 is 84.2 Å². The Morgan fingerprint density at radius 1 is 0.648 bits per heavy atom. The summed E-state index contributed by atoms with van der Waals surface area (Å²) >= 11 is 0. The monoisotopic (exact) mass is 1520 g/mol. The molecule has 2 aromatic rings. The Balaban J connectivity index is 1.23. The van der Waals surface area contributed by atoms with Crippen LogP contribution in [-0.4, -0.2) is 275 Å². The fraction of sp³-hybridized carbons (Fsp3) is 0.667. The van der Waals surface area contributed by atoms with E-state index in [9.17, 15) is 32.3 Å². The van der Waals surface area contributed by atoms with E-state index in [0.29, 0.717) is 88.6 Å². The smallest absolute Gasteiger partial charge is 0.377 e. The van der Waals surface area contributed by atoms with Crippen LogP contribution in [0.25, 0.3) is 0 Å². The Morgan fingerprint density at radius 2 is 1.29 bits per heavy atom. The summed E-state index contributed by atoms with van der Waals surface area (Å²) in [6.45, 7) is 8.02. The largest absolute Gasteiger partial charge is 0.422 e. The maximum atomic E-state index is 15.8. The van der Waals surface area contributed by atoms with Crippen molar-refractivity contribution in [2.75, 3.05) is 95.2 Å². The summed E-state index contributed by atoms with van der Waals surface area (Å²) in [6.07, 6.45) is 1.74. The van der Waals surface area contributed by atoms with E-state index in [1.165, 1.54) is 78.7 Å². The third kappa shape index (κ3) is 19.5. The molecular formula is C78H111F5N12O13. The number of likely N-dealkylation sites (tertiary alicyclic amines) is 1. The number of nitrogens with one attached hydrogen (secondary N) is 2. The summed E-state index contributed by atoms with van der Waals surface area (Å²) < 4.78 is 78.3. The van der Waals surface area contributed by atoms with Gasteiger partial charge >= 0.3 is 6.18 Å². The van der Waals surface area contributed by atoms with E-state index in [2.05, 4.69) is 10.6 Å². The van der Waals surface area contributed by atoms with Crippen LogP contribution in [0, 0.1) is 30.4 Å². The van der Waals surface area contributed by atoms with Gasteiger partial charge in [-0.3, -0.25) is 57.5 Å². The number of rotatable bonds is 13. The summed E-state index contributed by atoms with van der Waals surface area (Å²) in [5, 5.41) is 5.56. The number of amides is 12. The topological polar surface area (TPSA) is 271 Å². The first-order chi connectivity index (χ1) is 51.1. The molecule has 0 aromatic heterocycles. The number of alkyl halides is 3. The van der Waals surface area contributed by atoms with E-state index in [0.717, 1.165) is 26.7 Å². The molecule has 0 unspecified atom stereocenters. The minimum Gasteiger partial charge on any atom is -0.377 e. The van der Waals surface area contributed by atoms with E-state index >= 15 is 47.1 Å². The quantitative estimate of drug-likeness (QED) is 0.171. The Hall–Kier alpha value is -8.57. The Morgan fingerprint density at radius 3 is 1.88 bits per heavy atom. The van der Waals surface area contributed by atoms with Crippen molar-refractivity contribution >= 4 is 70.9 Å². The molecule has 108 heavy (non-hydrogen) atoms. The van der Waals surface area contributed by atoms with Gasteiger partial charge in [0.15, 0.2) is 0 Å². The number of carbonyl (C=O) groups excluding carboxylic acids is 12. The van der Waals surface area contributed by atoms with Crippen LogP contribution in [0.5, 0.6) is 0 Å². The molecule has 2 aromatic carbocycles. The van der Waals surface area contributed by atoms with Gasteiger partial charge in [-0.25, -0.2) is 8.78 Å². The van der Waals surface area contributed by atoms with Crippen LogP contribution in [0.2, 0.25) is 0 Å². The van der Waals surface area contributed by atoms with Gasteiger partial charge in [0.25, 0.3) is 0 Å². The van der Waals surface area contributed by atoms with Gasteiger partial charge in [0, 0.05) is 95.0 Å². The average molecular weight is 1520 g/mol. The number of halogens is 5. The number of hydrogen-bond donors (Lipinski definition) is 2. The second-order valence-corrected chi connectivity index (χ2v) is 30.5. The summed E-state index contributed by atoms with van der Waals surface area (Å²) in [4.78, 5) is 196. The van der Waals surface area contributed by atoms with Gasteiger partial charge in [0.05, 0.1) is 25.6 Å². The van der Waals surface area contributed by atoms with Crippen molar-refractivity contribution in [2.45, 2.75) is 229 Å². The van der Waals surface area contributed by atoms with E-state index in [1.807, 2.05) is 32.9 Å². The van der Waals surface area contributed by atoms with Crippen molar-refractivity contribution in [3.63, 3.8) is 0 Å². The number of benzene rings is 2. The average Bonchev–Trinajstić information content (AvgIpc) is 1.18. The molecule has 12 amide bonds. The molecule has 10 atom stereocenters. The normalized spacial score (nSPS) is 26.9. The first-order valence-electron chi connectivity index (χ1n) is 38.3. The number of likely N-dealkylation sites (N-methyl/N-ethyl adjacent to an activating group) is 7. The highest BCUT2D eigenvalue weighted by Crippen LogP contribution is 2.43. The molecule has 2 aliphatic carbocycles. The second kappa shape index (κ2) is 37.2. The maximum absolute atomic E-state index is 15.8. The van der Waals surface area contributed by atoms with Gasteiger partial charge in [0.2, 0.25) is 70.9 Å². The number of fused-ring (bicyclic) bond motifs is 3. The number of carbonyl (C=O) groups is 12. The molecule has 1 spiro atoms. The predicted octanol–water partition coefficient (Wildman–Crippen LogP) is 6.05. The van der Waals surface area contributed by atoms with E-state index in [1.54, 1.807) is 43.0 Å². The highest BCUT2D eigenvalue weighted by molar-refractivity contribution is 6.01. The number of ether oxygens (including phenoxy) is 1. The van der Waals surface area contributed by atoms with Gasteiger partial charge in [-0.05, 0) is 132 Å². The standard InChI is InChI=1S/C78H111F5N12O13/c1-13-25-57-68(99)85-66(49(5)14-2)74(105)87(7)47-64(98)89(9)58-28-18-16-23-39-94(73(58)104)60(42-50-31-29-48(4)30-32-50)70(101)86(6)46-62(96)84-56(34-33-51-40-54(79)65(55(80)41-51)78(81,82)83)69(100)95-45-53(108-15-3)43-61(95)71(102)92(12)77(35-24-36-77)76(107)91(11)67(52-26-19-20-27-52)75(106)90(10)59(44-63(97)88(57)8)72(103)93-37-21-17-22-38-93/h16,18,29-32,40-41,49,52-53,56-61,66-67H,13-15,17,19-28,33-39,42-47H2,1-12H3,(H,84,96)(H,85,99)/b18-16-/t49-,53+,56-,57-,58+,59-,60-,61-,66-,67-/m0/s1. The lowest BCUT2D eigenvalue weighted by Crippen LogP contribution is -2.68. The zero-order valence-corrected chi connectivity index (χ0v) is 64.7. The van der Waals surface area contributed by atoms with Crippen LogP contribution in [0.1, 0.15) is 166 Å². The molecule has 2 N–H and O–H groups in total. The second-order valence-electron chi connectivity index (χ2n) is 30.5. The molecule has 30 heteroatoms. The van der Waals surface area contributed by atoms with Gasteiger partial charge < -0.3 is 64.4 Å². The van der Waals surface area contributed by atoms with Crippen LogP contribution < -0.4 is 10.6 Å². The Kier molecular flexibility index (Phi) is 29.3. The first-order valence-corrected chi connectivity index (χ1v) is 38.3. The minimum atomic E-state index is -5.41. The van der Waals surface area contributed by atoms with Crippen LogP contribution >= 0.6 is 0 Å². The Bertz CT molecular complexity index is 3620. The first kappa shape index (κ1) is 85.0. The third-order valence-electron chi connectivity index (χ3n) is 23.2. The fourth-order valence-electron chi connectivity index (χ4n) is 16.2. The molecule has 2 bridgehead atoms. The van der Waals surface area contributed by atoms with E-state index in [4.69, 9.17) is 4.74 Å². The zero-order valence-electron chi connectivity index (χ0n) is 64.7. The highest BCUT2D eigenvalue weighted by atomic mass is 19.4. The lowest BCUT2D eigenvalue weighted by atomic mass is 9.73. The van der Waals surface area contributed by atoms with E-state index in [-0.39, 0.29) is 70.2 Å². The maximum Gasteiger partial charge on any atom is 0.422 e. The minimum absolute atomic E-state index is 0.0289. The molecular weight excluding hydrogens is 1410 g/mol. The van der Waals surface area contributed by atoms with Gasteiger partial charge in [-0.15, -0.1) is 0 Å². The number of piperidine rings is 1. The lowest BCUT2D eigenvalue weighted by molar-refractivity contribution is -0.166. The number of hydrogen-bond acceptors (Lipinski definition) is 13. The van der Waals surface area contributed by atoms with Crippen molar-refractivity contribution in [2.24, 2.45) is 11.8 Å². The SMILES string of the molecule is CCC[C@H]1C(=O)N[C@@H]([C@@H](C)CC)C(=O)N(C)CC(=O)N(C)[C@@H]2C/C=C\CCN(C2=O)[C@@H](Cc2ccc(C)cc2)C(=O)N(C)CC(=O)N[C@@H](CCc2cc(F)c(C(F)(F)F)c(F)c2)C(=O)N2C[C@H](OCC)C[C@H]2C(=O)N(C)C2(CCC2)C(=O)N(C)[C@@H](C2CCCC2)C(=O)N(C)[C@H](C(=O)N2CCCCC2)CC(=O)N1C. The van der Waals surface area contributed by atoms with Crippen molar-refractivity contribution in [3.05, 3.63) is 82.4 Å². The van der Waals surface area contributed by atoms with Crippen LogP contribution in [0.4, 0.5) is 22.0 Å². The molecule has 6 aliphatic rings. The van der Waals surface area contributed by atoms with Crippen molar-refractivity contribution in [1.29, 1.82) is 0 Å². The zero-order chi connectivity index (χ0) is 79.4. The number of aryl methyl sites for hydroxylation is 2. The summed E-state index contributed by atoms with van der Waals surface area (Å²) in [5.41, 5.74) is -2.60. The summed E-state index contributed by atoms with van der Waals surface area (Å²) in [7, 11) is 9.80. The molecule has 596 valence electrons. The van der Waals surface area contributed by atoms with Crippen molar-refractivity contribution in [3.8, 4) is 0 Å². The molecule has 4 heterocycles. The summed E-state index contributed by atoms with van der Waals surface area (Å²) in [6, 6.07) is -2.79. The van der Waals surface area contributed by atoms with E-state index < -0.39 is 198 Å². The van der Waals surface area contributed by atoms with Gasteiger partial charge in [0.1, 0.15) is 71.1 Å². The molecule has 0 radical (unpaired) electrons. The molecule has 25 nitrogen and oxygen atoms in total. The Labute approximate surface area is 630 Å².